The van der Waals surface area contributed by atoms with Gasteiger partial charge in [0, 0.05) is 79.2 Å². The number of allylic oxidation sites excluding steroid dienone is 1. The maximum atomic E-state index is 16.8. The van der Waals surface area contributed by atoms with E-state index in [4.69, 9.17) is 9.47 Å². The van der Waals surface area contributed by atoms with Crippen LogP contribution < -0.4 is 0 Å². The number of fused-ring (bicyclic) bond motifs is 9. The van der Waals surface area contributed by atoms with E-state index in [-0.39, 0.29) is 46.4 Å². The summed E-state index contributed by atoms with van der Waals surface area (Å²) >= 11 is 0. The van der Waals surface area contributed by atoms with Gasteiger partial charge in [-0.1, -0.05) is 97.8 Å². The molecule has 9 fully saturated rings. The van der Waals surface area contributed by atoms with Gasteiger partial charge in [0.25, 0.3) is 0 Å². The largest absolute Gasteiger partial charge is 0.392 e. The van der Waals surface area contributed by atoms with Crippen LogP contribution in [0.3, 0.4) is 0 Å². The first kappa shape index (κ1) is 53.7. The number of aromatic amines is 2. The second-order valence-corrected chi connectivity index (χ2v) is 32.4. The number of H-pyrrole nitrogens is 2. The monoisotopic (exact) mass is 1110 g/mol. The number of aliphatic hydroxyl groups is 2. The van der Waals surface area contributed by atoms with Crippen molar-refractivity contribution < 1.29 is 29.3 Å². The van der Waals surface area contributed by atoms with E-state index in [2.05, 4.69) is 106 Å². The van der Waals surface area contributed by atoms with Gasteiger partial charge in [0.05, 0.1) is 34.8 Å². The van der Waals surface area contributed by atoms with Crippen LogP contribution in [0.25, 0.3) is 11.0 Å². The number of benzene rings is 1. The van der Waals surface area contributed by atoms with Gasteiger partial charge in [0.15, 0.2) is 5.78 Å². The van der Waals surface area contributed by atoms with Gasteiger partial charge in [0.2, 0.25) is 0 Å². The van der Waals surface area contributed by atoms with Crippen molar-refractivity contribution in [2.24, 2.45) is 61.6 Å². The molecular weight excluding hydrogens is 1010 g/mol. The average molecular weight is 1110 g/mol. The predicted molar refractivity (Wildman–Crippen MR) is 321 cm³/mol. The molecule has 16 rings (SSSR count). The van der Waals surface area contributed by atoms with Gasteiger partial charge in [-0.3, -0.25) is 9.59 Å². The highest BCUT2D eigenvalue weighted by molar-refractivity contribution is 6.02. The minimum atomic E-state index is -0.764. The molecule has 2 spiro atoms. The molecular formula is C73H97N3O6. The Bertz CT molecular complexity index is 3260. The van der Waals surface area contributed by atoms with Crippen LogP contribution in [0.2, 0.25) is 0 Å². The molecule has 2 bridgehead atoms. The summed E-state index contributed by atoms with van der Waals surface area (Å²) < 4.78 is 14.7. The quantitative estimate of drug-likeness (QED) is 0.130. The second-order valence-electron chi connectivity index (χ2n) is 32.4. The van der Waals surface area contributed by atoms with E-state index in [1.54, 1.807) is 0 Å². The highest BCUT2D eigenvalue weighted by Gasteiger charge is 2.84. The number of hydrogen-bond donors (Lipinski definition) is 4. The molecule has 12 aliphatic rings. The molecule has 7 saturated carbocycles. The highest BCUT2D eigenvalue weighted by atomic mass is 16.6. The summed E-state index contributed by atoms with van der Waals surface area (Å²) in [7, 11) is 0. The molecule has 3 aliphatic heterocycles. The first-order valence-corrected chi connectivity index (χ1v) is 33.7. The lowest BCUT2D eigenvalue weighted by Gasteiger charge is -2.80. The van der Waals surface area contributed by atoms with Crippen LogP contribution in [0.1, 0.15) is 252 Å². The fourth-order valence-electron chi connectivity index (χ4n) is 25.1. The van der Waals surface area contributed by atoms with Crippen LogP contribution in [-0.2, 0) is 38.4 Å². The van der Waals surface area contributed by atoms with Gasteiger partial charge >= 0.3 is 0 Å². The van der Waals surface area contributed by atoms with E-state index in [1.807, 2.05) is 0 Å². The number of ketones is 2. The number of epoxide rings is 1. The van der Waals surface area contributed by atoms with Crippen LogP contribution in [0.4, 0.5) is 0 Å². The van der Waals surface area contributed by atoms with Gasteiger partial charge in [-0.25, -0.2) is 0 Å². The van der Waals surface area contributed by atoms with Crippen molar-refractivity contribution in [3.8, 4) is 0 Å². The Balaban J connectivity index is 0.900. The smallest absolute Gasteiger partial charge is 0.160 e. The Kier molecular flexibility index (Phi) is 11.9. The summed E-state index contributed by atoms with van der Waals surface area (Å²) in [4.78, 5) is 40.7. The van der Waals surface area contributed by atoms with E-state index >= 15 is 14.7 Å². The highest BCUT2D eigenvalue weighted by Crippen LogP contribution is 2.88. The van der Waals surface area contributed by atoms with Crippen molar-refractivity contribution in [3.05, 3.63) is 93.1 Å². The number of rotatable bonds is 8. The Morgan fingerprint density at radius 1 is 0.805 bits per heavy atom. The molecule has 2 saturated heterocycles. The fraction of sp³-hybridized carbons (Fsp3) is 0.726. The number of carbonyl (C=O) groups excluding carboxylic acids is 2. The molecule has 4 N–H and O–H groups in total. The van der Waals surface area contributed by atoms with Gasteiger partial charge in [0.1, 0.15) is 11.9 Å². The van der Waals surface area contributed by atoms with Crippen LogP contribution in [0.15, 0.2) is 54.0 Å². The van der Waals surface area contributed by atoms with Crippen molar-refractivity contribution in [1.82, 2.24) is 14.5 Å². The second kappa shape index (κ2) is 18.2. The van der Waals surface area contributed by atoms with Crippen LogP contribution in [0.5, 0.6) is 0 Å². The van der Waals surface area contributed by atoms with Gasteiger partial charge in [-0.2, -0.15) is 0 Å². The maximum Gasteiger partial charge on any atom is 0.160 e. The first-order chi connectivity index (χ1) is 39.3. The third-order valence-electron chi connectivity index (χ3n) is 28.3. The molecule has 440 valence electrons. The molecule has 4 aromatic rings. The number of aromatic nitrogens is 3. The maximum absolute atomic E-state index is 16.8. The fourth-order valence-corrected chi connectivity index (χ4v) is 25.1. The van der Waals surface area contributed by atoms with Crippen molar-refractivity contribution in [2.75, 3.05) is 13.2 Å². The molecule has 1 aromatic carbocycles. The zero-order valence-corrected chi connectivity index (χ0v) is 51.0. The first-order valence-electron chi connectivity index (χ1n) is 33.7. The van der Waals surface area contributed by atoms with E-state index in [0.29, 0.717) is 55.3 Å². The molecule has 9 nitrogen and oxygen atoms in total. The SMILES string of the molecule is CC1(C)O[C@@H]1[C@H](O)C[C@]1(C)CCc2c[nH]c3c(Cc4cc(C5CCCCC5)cc(C5CCOCC5)c4)cn(c23)C[C@@H]2C3=C1C(=O)C[C@]3(C)[C@@]1(C)CC3(CCCC3)[C@@H]3[C@](C)([C@H]1[C@@H]2O)[C@@]12CC[C@@H](C1)c1[nH]ccc1[C@@H]2C(=O)[C@@]3(C)C1CCCC1. The van der Waals surface area contributed by atoms with E-state index < -0.39 is 44.9 Å². The molecule has 3 aromatic heterocycles. The van der Waals surface area contributed by atoms with Gasteiger partial charge in [-0.05, 0) is 218 Å². The summed E-state index contributed by atoms with van der Waals surface area (Å²) in [6.07, 6.45) is 30.2. The normalized spacial score (nSPS) is 41.6. The number of nitrogens with zero attached hydrogens (tertiary/aromatic N) is 1. The average Bonchev–Trinajstić information content (AvgIpc) is 1.16. The standard InChI is InChI=1S/C73H97N3O6/c1-66(2)64(82-66)54(78)36-67(3)26-19-46-38-75-59-49(33-42-31-47(43-15-9-8-10-16-43)34-48(32-42)44-22-29-81-30-23-44)39-76(60(46)59)40-52-55-57(67)53(77)37-68(55,4)69(5)41-72(24-13-14-25-72)65-70(6,50-17-11-12-18-50)63(80)56-51-21-28-74-58(51)45-20-27-73(56,35-45)71(65,7)62(69)61(52)79/h21,28,31-32,34,38-39,43-45,50,52,54,56,61-62,64-65,74-75,78-79H,8-20,22-27,29-30,33,35-37,40-41H2,1-7H3/t45-,52+,54+,56+,61+,62-,64+,65-,67-,68-,69-,70+,71-,73-/m0/s1. The summed E-state index contributed by atoms with van der Waals surface area (Å²) in [5, 5.41) is 27.4. The van der Waals surface area contributed by atoms with E-state index in [0.717, 1.165) is 95.8 Å². The van der Waals surface area contributed by atoms with E-state index in [1.165, 1.54) is 113 Å². The number of ether oxygens (including phenoxy) is 2. The van der Waals surface area contributed by atoms with Crippen molar-refractivity contribution >= 4 is 22.6 Å². The Morgan fingerprint density at radius 2 is 1.51 bits per heavy atom. The number of aryl methyl sites for hydroxylation is 1. The number of carbonyl (C=O) groups is 2. The summed E-state index contributed by atoms with van der Waals surface area (Å²) in [5.74, 6) is 2.02. The third kappa shape index (κ3) is 7.06. The summed E-state index contributed by atoms with van der Waals surface area (Å²) in [6, 6.07) is 9.99. The number of hydrogen-bond acceptors (Lipinski definition) is 6. The lowest BCUT2D eigenvalue weighted by atomic mass is 9.23. The Morgan fingerprint density at radius 3 is 2.23 bits per heavy atom. The Hall–Kier alpha value is -3.76. The minimum absolute atomic E-state index is 0.0873. The van der Waals surface area contributed by atoms with E-state index in [9.17, 15) is 5.11 Å². The third-order valence-corrected chi connectivity index (χ3v) is 28.3. The lowest BCUT2D eigenvalue weighted by molar-refractivity contribution is -0.308. The molecule has 14 atom stereocenters. The van der Waals surface area contributed by atoms with Gasteiger partial charge < -0.3 is 34.2 Å². The van der Waals surface area contributed by atoms with Crippen molar-refractivity contribution in [3.63, 3.8) is 0 Å². The van der Waals surface area contributed by atoms with Crippen LogP contribution in [-0.4, -0.2) is 73.4 Å². The van der Waals surface area contributed by atoms with Crippen LogP contribution in [0, 0.1) is 61.6 Å². The van der Waals surface area contributed by atoms with Crippen molar-refractivity contribution in [1.29, 1.82) is 0 Å². The predicted octanol–water partition coefficient (Wildman–Crippen LogP) is 15.0. The zero-order chi connectivity index (χ0) is 56.3. The number of Topliss-reactive ketones (excluding diaryl/α,β-unsaturated/α-hetero) is 2. The molecule has 0 amide bonds. The molecule has 6 heterocycles. The number of nitrogens with one attached hydrogen (secondary N) is 2. The molecule has 9 aliphatic carbocycles. The Labute approximate surface area is 488 Å². The zero-order valence-electron chi connectivity index (χ0n) is 51.0. The molecule has 9 heteroatoms. The lowest BCUT2D eigenvalue weighted by Crippen LogP contribution is -2.78. The minimum Gasteiger partial charge on any atom is -0.392 e. The molecule has 82 heavy (non-hydrogen) atoms. The van der Waals surface area contributed by atoms with Gasteiger partial charge in [-0.15, -0.1) is 0 Å². The topological polar surface area (TPSA) is 133 Å². The van der Waals surface area contributed by atoms with Crippen molar-refractivity contribution in [2.45, 2.75) is 257 Å². The summed E-state index contributed by atoms with van der Waals surface area (Å²) in [6.45, 7) is 19.1. The molecule has 0 unspecified atom stereocenters. The van der Waals surface area contributed by atoms with Crippen LogP contribution >= 0.6 is 0 Å². The molecule has 0 radical (unpaired) electrons. The number of aliphatic hydroxyl groups excluding tert-OH is 2. The summed E-state index contributed by atoms with van der Waals surface area (Å²) in [5.41, 5.74) is 10.7.